The molecule has 1 amide bonds. The monoisotopic (exact) mass is 294 g/mol. The van der Waals surface area contributed by atoms with E-state index in [1.807, 2.05) is 13.0 Å². The molecule has 0 bridgehead atoms. The van der Waals surface area contributed by atoms with Crippen molar-refractivity contribution in [1.29, 1.82) is 0 Å². The van der Waals surface area contributed by atoms with Crippen LogP contribution in [0.5, 0.6) is 0 Å². The van der Waals surface area contributed by atoms with Crippen molar-refractivity contribution in [2.45, 2.75) is 18.5 Å². The van der Waals surface area contributed by atoms with Gasteiger partial charge in [-0.3, -0.25) is 10.1 Å². The third-order valence-corrected chi connectivity index (χ3v) is 3.92. The van der Waals surface area contributed by atoms with Gasteiger partial charge in [-0.1, -0.05) is 6.07 Å². The Morgan fingerprint density at radius 2 is 1.95 bits per heavy atom. The second kappa shape index (κ2) is 5.71. The van der Waals surface area contributed by atoms with E-state index in [1.54, 1.807) is 0 Å². The topological polar surface area (TPSA) is 59.6 Å². The summed E-state index contributed by atoms with van der Waals surface area (Å²) in [7, 11) is 0. The van der Waals surface area contributed by atoms with E-state index in [9.17, 15) is 9.18 Å². The number of rotatable bonds is 1. The molecule has 5 nitrogen and oxygen atoms in total. The highest BCUT2D eigenvalue weighted by atomic mass is 19.1. The van der Waals surface area contributed by atoms with Crippen LogP contribution in [0.1, 0.15) is 17.2 Å². The van der Waals surface area contributed by atoms with Crippen molar-refractivity contribution >= 4 is 5.91 Å². The third-order valence-electron chi connectivity index (χ3n) is 3.92. The zero-order valence-corrected chi connectivity index (χ0v) is 11.9. The van der Waals surface area contributed by atoms with Crippen LogP contribution in [0.3, 0.4) is 0 Å². The lowest BCUT2D eigenvalue weighted by Crippen LogP contribution is -2.68. The van der Waals surface area contributed by atoms with Gasteiger partial charge in [-0.05, 0) is 30.2 Å². The first-order valence-corrected chi connectivity index (χ1v) is 7.08. The summed E-state index contributed by atoms with van der Waals surface area (Å²) in [6.07, 6.45) is 0. The maximum absolute atomic E-state index is 13.5. The van der Waals surface area contributed by atoms with Crippen molar-refractivity contribution in [2.75, 3.05) is 33.0 Å². The molecule has 1 aromatic carbocycles. The standard InChI is InChI=1S/C15H19FN2O3/c1-10-4-11(6-12(16)5-10)13-7-17-15(14(19)18-13)8-20-2-3-21-9-15/h4-6,13,17H,2-3,7-9H2,1H3,(H,18,19). The van der Waals surface area contributed by atoms with E-state index in [0.29, 0.717) is 19.8 Å². The number of benzene rings is 1. The Bertz CT molecular complexity index is 521. The first-order chi connectivity index (χ1) is 10.1. The Kier molecular flexibility index (Phi) is 3.93. The zero-order chi connectivity index (χ0) is 14.9. The summed E-state index contributed by atoms with van der Waals surface area (Å²) >= 11 is 0. The van der Waals surface area contributed by atoms with Crippen LogP contribution in [0.2, 0.25) is 0 Å². The van der Waals surface area contributed by atoms with E-state index in [0.717, 1.165) is 11.1 Å². The average Bonchev–Trinajstić information content (AvgIpc) is 2.67. The van der Waals surface area contributed by atoms with E-state index >= 15 is 0 Å². The molecular formula is C15H19FN2O3. The molecule has 114 valence electrons. The van der Waals surface area contributed by atoms with Gasteiger partial charge >= 0.3 is 0 Å². The van der Waals surface area contributed by atoms with Crippen LogP contribution in [0.25, 0.3) is 0 Å². The van der Waals surface area contributed by atoms with Gasteiger partial charge in [0.2, 0.25) is 5.91 Å². The number of piperazine rings is 1. The fourth-order valence-corrected chi connectivity index (χ4v) is 2.78. The molecule has 2 saturated heterocycles. The van der Waals surface area contributed by atoms with E-state index in [-0.39, 0.29) is 31.0 Å². The largest absolute Gasteiger partial charge is 0.376 e. The van der Waals surface area contributed by atoms with E-state index in [4.69, 9.17) is 9.47 Å². The molecule has 1 unspecified atom stereocenters. The van der Waals surface area contributed by atoms with Crippen LogP contribution in [-0.2, 0) is 14.3 Å². The van der Waals surface area contributed by atoms with Crippen molar-refractivity contribution in [3.05, 3.63) is 35.1 Å². The molecule has 2 aliphatic heterocycles. The SMILES string of the molecule is Cc1cc(F)cc(C2CNC3(COCCOC3)C(=O)N2)c1. The van der Waals surface area contributed by atoms with E-state index < -0.39 is 5.54 Å². The minimum absolute atomic E-state index is 0.164. The molecule has 21 heavy (non-hydrogen) atoms. The lowest BCUT2D eigenvalue weighted by Gasteiger charge is -2.39. The Balaban J connectivity index is 1.77. The number of ether oxygens (including phenoxy) is 2. The first kappa shape index (κ1) is 14.4. The average molecular weight is 294 g/mol. The highest BCUT2D eigenvalue weighted by molar-refractivity contribution is 5.88. The minimum atomic E-state index is -0.838. The van der Waals surface area contributed by atoms with Crippen LogP contribution >= 0.6 is 0 Å². The minimum Gasteiger partial charge on any atom is -0.376 e. The summed E-state index contributed by atoms with van der Waals surface area (Å²) in [6.45, 7) is 3.90. The van der Waals surface area contributed by atoms with Gasteiger partial charge in [0.15, 0.2) is 0 Å². The summed E-state index contributed by atoms with van der Waals surface area (Å²) in [6, 6.07) is 4.56. The van der Waals surface area contributed by atoms with Crippen LogP contribution in [0.4, 0.5) is 4.39 Å². The zero-order valence-electron chi connectivity index (χ0n) is 11.9. The molecule has 2 heterocycles. The number of amides is 1. The fourth-order valence-electron chi connectivity index (χ4n) is 2.78. The summed E-state index contributed by atoms with van der Waals surface area (Å²) in [4.78, 5) is 12.5. The number of hydrogen-bond acceptors (Lipinski definition) is 4. The lowest BCUT2D eigenvalue weighted by molar-refractivity contribution is -0.134. The number of nitrogens with one attached hydrogen (secondary N) is 2. The Morgan fingerprint density at radius 1 is 1.24 bits per heavy atom. The summed E-state index contributed by atoms with van der Waals surface area (Å²) < 4.78 is 24.4. The van der Waals surface area contributed by atoms with Gasteiger partial charge in [0.25, 0.3) is 0 Å². The van der Waals surface area contributed by atoms with Crippen molar-refractivity contribution in [3.8, 4) is 0 Å². The van der Waals surface area contributed by atoms with Crippen molar-refractivity contribution in [3.63, 3.8) is 0 Å². The summed E-state index contributed by atoms with van der Waals surface area (Å²) in [5.41, 5.74) is 0.759. The highest BCUT2D eigenvalue weighted by Crippen LogP contribution is 2.23. The Morgan fingerprint density at radius 3 is 2.57 bits per heavy atom. The third kappa shape index (κ3) is 2.92. The molecule has 2 N–H and O–H groups in total. The molecule has 3 rings (SSSR count). The molecule has 0 aromatic heterocycles. The van der Waals surface area contributed by atoms with Crippen LogP contribution in [0, 0.1) is 12.7 Å². The summed E-state index contributed by atoms with van der Waals surface area (Å²) in [5, 5.41) is 6.17. The number of carbonyl (C=O) groups is 1. The fraction of sp³-hybridized carbons (Fsp3) is 0.533. The molecule has 2 fully saturated rings. The molecule has 0 radical (unpaired) electrons. The molecule has 0 saturated carbocycles. The van der Waals surface area contributed by atoms with E-state index in [1.165, 1.54) is 12.1 Å². The first-order valence-electron chi connectivity index (χ1n) is 7.08. The molecule has 6 heteroatoms. The Hall–Kier alpha value is -1.50. The van der Waals surface area contributed by atoms with Crippen LogP contribution in [0.15, 0.2) is 18.2 Å². The molecule has 1 aromatic rings. The molecule has 1 spiro atoms. The second-order valence-corrected chi connectivity index (χ2v) is 5.66. The smallest absolute Gasteiger partial charge is 0.245 e. The molecule has 2 aliphatic rings. The second-order valence-electron chi connectivity index (χ2n) is 5.66. The Labute approximate surface area is 122 Å². The van der Waals surface area contributed by atoms with Crippen molar-refractivity contribution in [1.82, 2.24) is 10.6 Å². The van der Waals surface area contributed by atoms with Gasteiger partial charge in [-0.25, -0.2) is 4.39 Å². The van der Waals surface area contributed by atoms with Crippen molar-refractivity contribution < 1.29 is 18.7 Å². The highest BCUT2D eigenvalue weighted by Gasteiger charge is 2.44. The van der Waals surface area contributed by atoms with Crippen LogP contribution in [-0.4, -0.2) is 44.4 Å². The lowest BCUT2D eigenvalue weighted by atomic mass is 9.93. The summed E-state index contributed by atoms with van der Waals surface area (Å²) in [5.74, 6) is -0.455. The predicted molar refractivity (Wildman–Crippen MR) is 74.4 cm³/mol. The number of hydrogen-bond donors (Lipinski definition) is 2. The number of halogens is 1. The number of carbonyl (C=O) groups excluding carboxylic acids is 1. The maximum atomic E-state index is 13.5. The van der Waals surface area contributed by atoms with Gasteiger partial charge < -0.3 is 14.8 Å². The quantitative estimate of drug-likeness (QED) is 0.800. The molecular weight excluding hydrogens is 275 g/mol. The van der Waals surface area contributed by atoms with Gasteiger partial charge in [0.05, 0.1) is 32.5 Å². The normalized spacial score (nSPS) is 25.4. The number of aryl methyl sites for hydroxylation is 1. The van der Waals surface area contributed by atoms with Gasteiger partial charge in [-0.2, -0.15) is 0 Å². The van der Waals surface area contributed by atoms with Crippen molar-refractivity contribution in [2.24, 2.45) is 0 Å². The van der Waals surface area contributed by atoms with Gasteiger partial charge in [0, 0.05) is 6.54 Å². The van der Waals surface area contributed by atoms with Crippen LogP contribution < -0.4 is 10.6 Å². The van der Waals surface area contributed by atoms with Gasteiger partial charge in [0.1, 0.15) is 11.4 Å². The predicted octanol–water partition coefficient (Wildman–Crippen LogP) is 0.680. The molecule has 0 aliphatic carbocycles. The van der Waals surface area contributed by atoms with E-state index in [2.05, 4.69) is 10.6 Å². The molecule has 1 atom stereocenters. The maximum Gasteiger partial charge on any atom is 0.245 e. The van der Waals surface area contributed by atoms with Gasteiger partial charge in [-0.15, -0.1) is 0 Å².